The molecule has 10 heteroatoms. The molecular formula is C24H41ClN4O4S. The normalized spacial score (nSPS) is 18.6. The van der Waals surface area contributed by atoms with E-state index in [1.165, 1.54) is 5.56 Å². The minimum absolute atomic E-state index is 0. The minimum Gasteiger partial charge on any atom is -0.378 e. The zero-order valence-corrected chi connectivity index (χ0v) is 22.5. The summed E-state index contributed by atoms with van der Waals surface area (Å²) in [5.41, 5.74) is 1.79. The van der Waals surface area contributed by atoms with Crippen molar-refractivity contribution in [2.45, 2.75) is 45.6 Å². The van der Waals surface area contributed by atoms with E-state index in [1.807, 2.05) is 34.1 Å². The van der Waals surface area contributed by atoms with Crippen LogP contribution in [0, 0.1) is 5.92 Å². The van der Waals surface area contributed by atoms with Crippen LogP contribution in [0.25, 0.3) is 0 Å². The number of urea groups is 1. The van der Waals surface area contributed by atoms with Crippen molar-refractivity contribution in [2.75, 3.05) is 63.5 Å². The van der Waals surface area contributed by atoms with Crippen molar-refractivity contribution >= 4 is 34.1 Å². The number of hydrogen-bond acceptors (Lipinski definition) is 5. The summed E-state index contributed by atoms with van der Waals surface area (Å²) in [6.07, 6.45) is 3.24. The molecule has 1 aromatic rings. The van der Waals surface area contributed by atoms with Crippen molar-refractivity contribution in [3.05, 3.63) is 29.8 Å². The number of likely N-dealkylation sites (tertiary alicyclic amines) is 1. The smallest absolute Gasteiger partial charge is 0.320 e. The fourth-order valence-corrected chi connectivity index (χ4v) is 5.20. The number of morpholine rings is 1. The van der Waals surface area contributed by atoms with E-state index in [0.29, 0.717) is 49.9 Å². The van der Waals surface area contributed by atoms with Crippen LogP contribution in [-0.2, 0) is 14.8 Å². The molecule has 34 heavy (non-hydrogen) atoms. The second-order valence-electron chi connectivity index (χ2n) is 9.76. The van der Waals surface area contributed by atoms with Crippen LogP contribution < -0.4 is 4.72 Å². The summed E-state index contributed by atoms with van der Waals surface area (Å²) in [5, 5.41) is 0. The highest BCUT2D eigenvalue weighted by Gasteiger charge is 2.29. The molecule has 2 aliphatic heterocycles. The maximum absolute atomic E-state index is 12.7. The topological polar surface area (TPSA) is 82.2 Å². The number of rotatable bonds is 8. The third-order valence-corrected chi connectivity index (χ3v) is 7.29. The summed E-state index contributed by atoms with van der Waals surface area (Å²) in [5.74, 6) is 0.928. The van der Waals surface area contributed by atoms with E-state index in [4.69, 9.17) is 4.74 Å². The van der Waals surface area contributed by atoms with Crippen molar-refractivity contribution < 1.29 is 17.9 Å². The number of carbonyl (C=O) groups is 1. The molecule has 1 N–H and O–H groups in total. The maximum atomic E-state index is 12.7. The Morgan fingerprint density at radius 1 is 1.06 bits per heavy atom. The van der Waals surface area contributed by atoms with Crippen molar-refractivity contribution in [1.29, 1.82) is 0 Å². The van der Waals surface area contributed by atoms with E-state index in [1.54, 1.807) is 0 Å². The predicted octanol–water partition coefficient (Wildman–Crippen LogP) is 3.46. The number of sulfonamides is 1. The van der Waals surface area contributed by atoms with Gasteiger partial charge in [-0.3, -0.25) is 4.72 Å². The molecule has 1 unspecified atom stereocenters. The number of halogens is 1. The Balaban J connectivity index is 0.00000408. The van der Waals surface area contributed by atoms with Crippen molar-refractivity contribution in [2.24, 2.45) is 5.92 Å². The monoisotopic (exact) mass is 516 g/mol. The molecule has 8 nitrogen and oxygen atoms in total. The van der Waals surface area contributed by atoms with Gasteiger partial charge in [0.25, 0.3) is 0 Å². The van der Waals surface area contributed by atoms with Crippen LogP contribution in [0.5, 0.6) is 0 Å². The summed E-state index contributed by atoms with van der Waals surface area (Å²) in [7, 11) is -3.26. The Labute approximate surface area is 211 Å². The first-order valence-electron chi connectivity index (χ1n) is 12.1. The molecule has 0 saturated carbocycles. The van der Waals surface area contributed by atoms with Crippen LogP contribution in [-0.4, -0.2) is 93.9 Å². The Kier molecular flexibility index (Phi) is 10.9. The van der Waals surface area contributed by atoms with Gasteiger partial charge >= 0.3 is 6.03 Å². The van der Waals surface area contributed by atoms with Gasteiger partial charge in [0.1, 0.15) is 0 Å². The first-order chi connectivity index (χ1) is 15.6. The maximum Gasteiger partial charge on any atom is 0.320 e. The Hall–Kier alpha value is -1.55. The molecule has 1 aromatic carbocycles. The molecule has 0 aliphatic carbocycles. The van der Waals surface area contributed by atoms with Crippen LogP contribution >= 0.6 is 12.4 Å². The van der Waals surface area contributed by atoms with Gasteiger partial charge in [0.05, 0.1) is 19.5 Å². The first kappa shape index (κ1) is 28.7. The average Bonchev–Trinajstić information content (AvgIpc) is 2.78. The van der Waals surface area contributed by atoms with Gasteiger partial charge in [-0.2, -0.15) is 0 Å². The second kappa shape index (κ2) is 13.0. The standard InChI is InChI=1S/C24H40N4O4S.ClH/c1-19(2)28(17-20(3)22-5-7-23(8-6-22)25-33(4,30)31)18-21-9-11-26(12-10-21)24(29)27-13-15-32-16-14-27;/h5-8,19-21,25H,9-18H2,1-4H3;1H. The third kappa shape index (κ3) is 8.59. The molecule has 0 spiro atoms. The zero-order chi connectivity index (χ0) is 24.0. The number of ether oxygens (including phenoxy) is 1. The van der Waals surface area contributed by atoms with Gasteiger partial charge in [-0.15, -0.1) is 12.4 Å². The highest BCUT2D eigenvalue weighted by atomic mass is 35.5. The first-order valence-corrected chi connectivity index (χ1v) is 13.9. The molecule has 2 aliphatic rings. The number of piperidine rings is 1. The van der Waals surface area contributed by atoms with Crippen molar-refractivity contribution in [3.63, 3.8) is 0 Å². The van der Waals surface area contributed by atoms with Gasteiger partial charge in [-0.05, 0) is 56.2 Å². The van der Waals surface area contributed by atoms with Gasteiger partial charge in [0.15, 0.2) is 0 Å². The lowest BCUT2D eigenvalue weighted by atomic mass is 9.94. The summed E-state index contributed by atoms with van der Waals surface area (Å²) >= 11 is 0. The summed E-state index contributed by atoms with van der Waals surface area (Å²) in [6, 6.07) is 8.27. The number of amides is 2. The van der Waals surface area contributed by atoms with Gasteiger partial charge in [-0.1, -0.05) is 19.1 Å². The lowest BCUT2D eigenvalue weighted by Gasteiger charge is -2.39. The summed E-state index contributed by atoms with van der Waals surface area (Å²) < 4.78 is 30.7. The Bertz CT molecular complexity index is 867. The molecule has 2 heterocycles. The molecule has 194 valence electrons. The van der Waals surface area contributed by atoms with Crippen LogP contribution in [0.2, 0.25) is 0 Å². The van der Waals surface area contributed by atoms with E-state index in [9.17, 15) is 13.2 Å². The van der Waals surface area contributed by atoms with Crippen LogP contribution in [0.3, 0.4) is 0 Å². The molecule has 0 aromatic heterocycles. The van der Waals surface area contributed by atoms with Gasteiger partial charge < -0.3 is 19.4 Å². The predicted molar refractivity (Wildman–Crippen MR) is 139 cm³/mol. The van der Waals surface area contributed by atoms with Crippen LogP contribution in [0.15, 0.2) is 24.3 Å². The fraction of sp³-hybridized carbons (Fsp3) is 0.708. The lowest BCUT2D eigenvalue weighted by Crippen LogP contribution is -2.51. The molecule has 2 fully saturated rings. The largest absolute Gasteiger partial charge is 0.378 e. The highest BCUT2D eigenvalue weighted by molar-refractivity contribution is 7.92. The summed E-state index contributed by atoms with van der Waals surface area (Å²) in [4.78, 5) is 19.2. The van der Waals surface area contributed by atoms with E-state index in [2.05, 4.69) is 30.4 Å². The van der Waals surface area contributed by atoms with E-state index in [-0.39, 0.29) is 18.4 Å². The lowest BCUT2D eigenvalue weighted by molar-refractivity contribution is 0.0387. The number of benzene rings is 1. The number of nitrogens with one attached hydrogen (secondary N) is 1. The molecular weight excluding hydrogens is 476 g/mol. The zero-order valence-electron chi connectivity index (χ0n) is 20.9. The molecule has 2 saturated heterocycles. The van der Waals surface area contributed by atoms with Gasteiger partial charge in [0.2, 0.25) is 10.0 Å². The molecule has 3 rings (SSSR count). The highest BCUT2D eigenvalue weighted by Crippen LogP contribution is 2.24. The van der Waals surface area contributed by atoms with Crippen LogP contribution in [0.4, 0.5) is 10.5 Å². The van der Waals surface area contributed by atoms with Crippen molar-refractivity contribution in [1.82, 2.24) is 14.7 Å². The van der Waals surface area contributed by atoms with Crippen LogP contribution in [0.1, 0.15) is 45.1 Å². The number of hydrogen-bond donors (Lipinski definition) is 1. The van der Waals surface area contributed by atoms with E-state index >= 15 is 0 Å². The summed E-state index contributed by atoms with van der Waals surface area (Å²) in [6.45, 7) is 13.0. The van der Waals surface area contributed by atoms with E-state index < -0.39 is 10.0 Å². The fourth-order valence-electron chi connectivity index (χ4n) is 4.64. The molecule has 1 atom stereocenters. The van der Waals surface area contributed by atoms with Gasteiger partial charge in [0, 0.05) is 51.0 Å². The van der Waals surface area contributed by atoms with Gasteiger partial charge in [-0.25, -0.2) is 13.2 Å². The third-order valence-electron chi connectivity index (χ3n) is 6.68. The second-order valence-corrected chi connectivity index (χ2v) is 11.5. The number of anilines is 1. The SMILES string of the molecule is CC(CN(CC1CCN(C(=O)N2CCOCC2)CC1)C(C)C)c1ccc(NS(C)(=O)=O)cc1.Cl. The molecule has 2 amide bonds. The molecule has 0 bridgehead atoms. The quantitative estimate of drug-likeness (QED) is 0.572. The minimum atomic E-state index is -3.26. The number of carbonyl (C=O) groups excluding carboxylic acids is 1. The number of nitrogens with zero attached hydrogens (tertiary/aromatic N) is 3. The Morgan fingerprint density at radius 2 is 1.62 bits per heavy atom. The average molecular weight is 517 g/mol. The van der Waals surface area contributed by atoms with Crippen molar-refractivity contribution in [3.8, 4) is 0 Å². The van der Waals surface area contributed by atoms with E-state index in [0.717, 1.165) is 45.3 Å². The Morgan fingerprint density at radius 3 is 2.15 bits per heavy atom. The molecule has 0 radical (unpaired) electrons.